The van der Waals surface area contributed by atoms with Gasteiger partial charge < -0.3 is 4.74 Å². The quantitative estimate of drug-likeness (QED) is 0.208. The Morgan fingerprint density at radius 2 is 1.68 bits per heavy atom. The molecular weight excluding hydrogens is 476 g/mol. The highest BCUT2D eigenvalue weighted by atomic mass is 32.2. The maximum atomic E-state index is 13.3. The molecule has 3 aromatic rings. The summed E-state index contributed by atoms with van der Waals surface area (Å²) in [6.07, 6.45) is 0.140. The smallest absolute Gasteiger partial charge is 0.316 e. The maximum absolute atomic E-state index is 13.3. The molecule has 0 aliphatic carbocycles. The molecule has 0 saturated carbocycles. The van der Waals surface area contributed by atoms with Gasteiger partial charge in [-0.3, -0.25) is 29.4 Å². The van der Waals surface area contributed by atoms with Crippen molar-refractivity contribution in [3.63, 3.8) is 0 Å². The number of esters is 1. The number of carbonyl (C=O) groups is 4. The Kier molecular flexibility index (Phi) is 7.33. The van der Waals surface area contributed by atoms with Gasteiger partial charge in [0.05, 0.1) is 23.5 Å². The summed E-state index contributed by atoms with van der Waals surface area (Å²) in [4.78, 5) is 52.0. The van der Waals surface area contributed by atoms with Crippen molar-refractivity contribution in [2.45, 2.75) is 23.7 Å². The third kappa shape index (κ3) is 5.15. The molecule has 1 N–H and O–H groups in total. The highest BCUT2D eigenvalue weighted by Gasteiger charge is 2.42. The van der Waals surface area contributed by atoms with Crippen LogP contribution >= 0.6 is 23.1 Å². The minimum atomic E-state index is -1.09. The zero-order valence-corrected chi connectivity index (χ0v) is 19.7. The van der Waals surface area contributed by atoms with Gasteiger partial charge >= 0.3 is 5.97 Å². The van der Waals surface area contributed by atoms with Gasteiger partial charge in [0.1, 0.15) is 6.04 Å². The van der Waals surface area contributed by atoms with Crippen LogP contribution < -0.4 is 5.32 Å². The monoisotopic (exact) mass is 496 g/mol. The molecule has 0 saturated heterocycles. The molecule has 0 radical (unpaired) electrons. The minimum Gasteiger partial charge on any atom is -0.465 e. The number of rotatable bonds is 9. The molecule has 4 rings (SSSR count). The van der Waals surface area contributed by atoms with E-state index in [0.717, 1.165) is 33.6 Å². The molecule has 3 amide bonds. The van der Waals surface area contributed by atoms with Gasteiger partial charge in [-0.05, 0) is 24.6 Å². The summed E-state index contributed by atoms with van der Waals surface area (Å²) in [6.45, 7) is 2.01. The molecular formula is C23H20N4O5S2. The second-order valence-corrected chi connectivity index (χ2v) is 9.39. The van der Waals surface area contributed by atoms with Gasteiger partial charge in [0.2, 0.25) is 11.0 Å². The van der Waals surface area contributed by atoms with Gasteiger partial charge in [0.15, 0.2) is 4.34 Å². The van der Waals surface area contributed by atoms with Crippen LogP contribution in [0.2, 0.25) is 0 Å². The fourth-order valence-electron chi connectivity index (χ4n) is 3.46. The first-order valence-corrected chi connectivity index (χ1v) is 12.2. The number of benzene rings is 2. The number of hydrogen-bond donors (Lipinski definition) is 1. The molecule has 11 heteroatoms. The highest BCUT2D eigenvalue weighted by Crippen LogP contribution is 2.28. The molecule has 0 fully saturated rings. The van der Waals surface area contributed by atoms with E-state index in [0.29, 0.717) is 4.34 Å². The lowest BCUT2D eigenvalue weighted by atomic mass is 10.0. The molecule has 2 aromatic carbocycles. The summed E-state index contributed by atoms with van der Waals surface area (Å²) in [5.41, 5.74) is 1.33. The van der Waals surface area contributed by atoms with Crippen molar-refractivity contribution in [1.29, 1.82) is 0 Å². The number of hydrogen-bond acceptors (Lipinski definition) is 9. The van der Waals surface area contributed by atoms with Crippen LogP contribution in [0, 0.1) is 0 Å². The summed E-state index contributed by atoms with van der Waals surface area (Å²) in [6, 6.07) is 14.6. The Morgan fingerprint density at radius 1 is 1.03 bits per heavy atom. The third-order valence-corrected chi connectivity index (χ3v) is 6.91. The molecule has 34 heavy (non-hydrogen) atoms. The number of imide groups is 1. The lowest BCUT2D eigenvalue weighted by Crippen LogP contribution is -2.48. The van der Waals surface area contributed by atoms with Crippen LogP contribution in [0.1, 0.15) is 33.2 Å². The van der Waals surface area contributed by atoms with E-state index in [4.69, 9.17) is 4.74 Å². The van der Waals surface area contributed by atoms with Gasteiger partial charge in [-0.25, -0.2) is 0 Å². The summed E-state index contributed by atoms with van der Waals surface area (Å²) in [5, 5.41) is 10.8. The number of anilines is 1. The summed E-state index contributed by atoms with van der Waals surface area (Å²) in [7, 11) is 0. The SMILES string of the molecule is CCOC(=O)CSc1nnc(NC(=O)C(Cc2ccccc2)N2C(=O)c3ccccc3C2=O)s1. The number of amides is 3. The van der Waals surface area contributed by atoms with Crippen molar-refractivity contribution < 1.29 is 23.9 Å². The van der Waals surface area contributed by atoms with Gasteiger partial charge in [-0.1, -0.05) is 65.6 Å². The van der Waals surface area contributed by atoms with Crippen molar-refractivity contribution in [2.75, 3.05) is 17.7 Å². The number of nitrogens with one attached hydrogen (secondary N) is 1. The number of nitrogens with zero attached hydrogens (tertiary/aromatic N) is 3. The van der Waals surface area contributed by atoms with Crippen molar-refractivity contribution in [3.8, 4) is 0 Å². The molecule has 1 atom stereocenters. The van der Waals surface area contributed by atoms with Crippen molar-refractivity contribution >= 4 is 51.9 Å². The van der Waals surface area contributed by atoms with Crippen LogP contribution in [-0.4, -0.2) is 57.2 Å². The molecule has 1 aromatic heterocycles. The Morgan fingerprint density at radius 3 is 2.32 bits per heavy atom. The number of ether oxygens (including phenoxy) is 1. The maximum Gasteiger partial charge on any atom is 0.316 e. The van der Waals surface area contributed by atoms with Crippen LogP contribution in [0.25, 0.3) is 0 Å². The summed E-state index contributed by atoms with van der Waals surface area (Å²) in [5.74, 6) is -1.89. The number of aromatic nitrogens is 2. The number of carbonyl (C=O) groups excluding carboxylic acids is 4. The minimum absolute atomic E-state index is 0.0715. The van der Waals surface area contributed by atoms with E-state index >= 15 is 0 Å². The fourth-order valence-corrected chi connectivity index (χ4v) is 5.01. The Balaban J connectivity index is 1.53. The van der Waals surface area contributed by atoms with Gasteiger partial charge in [0.25, 0.3) is 11.8 Å². The molecule has 2 heterocycles. The van der Waals surface area contributed by atoms with E-state index in [-0.39, 0.29) is 41.0 Å². The Hall–Kier alpha value is -3.57. The third-order valence-electron chi connectivity index (χ3n) is 4.97. The van der Waals surface area contributed by atoms with Gasteiger partial charge in [-0.15, -0.1) is 10.2 Å². The highest BCUT2D eigenvalue weighted by molar-refractivity contribution is 8.01. The first-order chi connectivity index (χ1) is 16.5. The summed E-state index contributed by atoms with van der Waals surface area (Å²) >= 11 is 2.23. The van der Waals surface area contributed by atoms with Crippen LogP contribution in [0.4, 0.5) is 5.13 Å². The molecule has 174 valence electrons. The lowest BCUT2D eigenvalue weighted by molar-refractivity contribution is -0.139. The normalized spacial score (nSPS) is 13.5. The van der Waals surface area contributed by atoms with E-state index in [1.54, 1.807) is 31.2 Å². The molecule has 1 aliphatic rings. The van der Waals surface area contributed by atoms with Crippen LogP contribution in [0.15, 0.2) is 58.9 Å². The zero-order valence-electron chi connectivity index (χ0n) is 18.1. The molecule has 1 unspecified atom stereocenters. The van der Waals surface area contributed by atoms with E-state index in [9.17, 15) is 19.2 Å². The van der Waals surface area contributed by atoms with E-state index < -0.39 is 23.8 Å². The second-order valence-electron chi connectivity index (χ2n) is 7.19. The lowest BCUT2D eigenvalue weighted by Gasteiger charge is -2.25. The zero-order chi connectivity index (χ0) is 24.1. The van der Waals surface area contributed by atoms with Crippen LogP contribution in [-0.2, 0) is 20.7 Å². The van der Waals surface area contributed by atoms with Gasteiger partial charge in [0, 0.05) is 6.42 Å². The van der Waals surface area contributed by atoms with E-state index in [2.05, 4.69) is 15.5 Å². The topological polar surface area (TPSA) is 119 Å². The van der Waals surface area contributed by atoms with Gasteiger partial charge in [-0.2, -0.15) is 0 Å². The van der Waals surface area contributed by atoms with Crippen molar-refractivity contribution in [1.82, 2.24) is 15.1 Å². The van der Waals surface area contributed by atoms with Crippen molar-refractivity contribution in [2.24, 2.45) is 0 Å². The van der Waals surface area contributed by atoms with E-state index in [1.807, 2.05) is 30.3 Å². The first-order valence-electron chi connectivity index (χ1n) is 10.4. The molecule has 0 spiro atoms. The molecule has 0 bridgehead atoms. The fraction of sp³-hybridized carbons (Fsp3) is 0.217. The molecule has 1 aliphatic heterocycles. The Labute approximate surface area is 203 Å². The van der Waals surface area contributed by atoms with Crippen molar-refractivity contribution in [3.05, 3.63) is 71.3 Å². The Bertz CT molecular complexity index is 1200. The number of fused-ring (bicyclic) bond motifs is 1. The van der Waals surface area contributed by atoms with Crippen LogP contribution in [0.3, 0.4) is 0 Å². The largest absolute Gasteiger partial charge is 0.465 e. The predicted molar refractivity (Wildman–Crippen MR) is 127 cm³/mol. The predicted octanol–water partition coefficient (Wildman–Crippen LogP) is 3.04. The van der Waals surface area contributed by atoms with Crippen LogP contribution in [0.5, 0.6) is 0 Å². The first kappa shape index (κ1) is 23.6. The average Bonchev–Trinajstić information content (AvgIpc) is 3.39. The molecule has 9 nitrogen and oxygen atoms in total. The standard InChI is InChI=1S/C23H20N4O5S2/c1-2-32-18(28)13-33-23-26-25-22(34-23)24-19(29)17(12-14-8-4-3-5-9-14)27-20(30)15-10-6-7-11-16(15)21(27)31/h3-11,17H,2,12-13H2,1H3,(H,24,25,29). The average molecular weight is 497 g/mol. The number of thioether (sulfide) groups is 1. The second kappa shape index (κ2) is 10.6. The van der Waals surface area contributed by atoms with E-state index in [1.165, 1.54) is 0 Å². The summed E-state index contributed by atoms with van der Waals surface area (Å²) < 4.78 is 5.36.